The number of halogens is 1. The van der Waals surface area contributed by atoms with Crippen molar-refractivity contribution in [3.8, 4) is 0 Å². The fraction of sp³-hybridized carbons (Fsp3) is 0.857. The van der Waals surface area contributed by atoms with Crippen LogP contribution in [0.25, 0.3) is 0 Å². The molecule has 3 nitrogen and oxygen atoms in total. The van der Waals surface area contributed by atoms with Crippen LogP contribution in [0.4, 0.5) is 0 Å². The topological polar surface area (TPSA) is 49.3 Å². The first kappa shape index (κ1) is 10.7. The largest absolute Gasteiger partial charge is 0.481 e. The molecule has 0 bridgehead atoms. The monoisotopic (exact) mass is 179 g/mol. The van der Waals surface area contributed by atoms with Crippen molar-refractivity contribution in [1.29, 1.82) is 0 Å². The second kappa shape index (κ2) is 4.57. The molecule has 0 unspecified atom stereocenters. The maximum absolute atomic E-state index is 10.5. The number of carboxylic acids is 1. The van der Waals surface area contributed by atoms with E-state index in [-0.39, 0.29) is 24.4 Å². The van der Waals surface area contributed by atoms with E-state index in [4.69, 9.17) is 5.11 Å². The SMILES string of the molecule is CN[C@@H]1CCC[C@@H]1C(=O)O.Cl. The molecule has 1 fully saturated rings. The molecule has 0 aliphatic heterocycles. The first-order valence-corrected chi connectivity index (χ1v) is 3.65. The van der Waals surface area contributed by atoms with Gasteiger partial charge in [0.2, 0.25) is 0 Å². The minimum Gasteiger partial charge on any atom is -0.481 e. The van der Waals surface area contributed by atoms with Crippen LogP contribution in [-0.2, 0) is 4.79 Å². The van der Waals surface area contributed by atoms with Gasteiger partial charge in [-0.3, -0.25) is 4.79 Å². The number of carbonyl (C=O) groups is 1. The highest BCUT2D eigenvalue weighted by molar-refractivity contribution is 5.85. The number of hydrogen-bond donors (Lipinski definition) is 2. The van der Waals surface area contributed by atoms with Crippen LogP contribution in [0.3, 0.4) is 0 Å². The Labute approximate surface area is 72.6 Å². The van der Waals surface area contributed by atoms with Gasteiger partial charge in [-0.1, -0.05) is 6.42 Å². The van der Waals surface area contributed by atoms with Gasteiger partial charge in [0.25, 0.3) is 0 Å². The zero-order valence-electron chi connectivity index (χ0n) is 6.54. The molecule has 1 aliphatic carbocycles. The third-order valence-corrected chi connectivity index (χ3v) is 2.20. The molecule has 2 N–H and O–H groups in total. The van der Waals surface area contributed by atoms with E-state index in [0.717, 1.165) is 19.3 Å². The van der Waals surface area contributed by atoms with Gasteiger partial charge in [0, 0.05) is 6.04 Å². The van der Waals surface area contributed by atoms with E-state index in [2.05, 4.69) is 5.32 Å². The summed E-state index contributed by atoms with van der Waals surface area (Å²) in [5, 5.41) is 11.7. The van der Waals surface area contributed by atoms with Crippen LogP contribution in [0.2, 0.25) is 0 Å². The smallest absolute Gasteiger partial charge is 0.308 e. The Morgan fingerprint density at radius 3 is 2.55 bits per heavy atom. The molecule has 0 heterocycles. The average molecular weight is 180 g/mol. The van der Waals surface area contributed by atoms with Gasteiger partial charge < -0.3 is 10.4 Å². The Bertz CT molecular complexity index is 140. The number of rotatable bonds is 2. The summed E-state index contributed by atoms with van der Waals surface area (Å²) in [7, 11) is 1.83. The standard InChI is InChI=1S/C7H13NO2.ClH/c1-8-6-4-2-3-5(6)7(9)10;/h5-6,8H,2-4H2,1H3,(H,9,10);1H/t5-,6+;/m0./s1. The molecule has 11 heavy (non-hydrogen) atoms. The average Bonchev–Trinajstić information content (AvgIpc) is 2.33. The minimum atomic E-state index is -0.656. The first-order chi connectivity index (χ1) is 4.75. The molecular formula is C7H14ClNO2. The van der Waals surface area contributed by atoms with Crippen molar-refractivity contribution >= 4 is 18.4 Å². The quantitative estimate of drug-likeness (QED) is 0.662. The summed E-state index contributed by atoms with van der Waals surface area (Å²) in [5.41, 5.74) is 0. The van der Waals surface area contributed by atoms with Crippen molar-refractivity contribution in [2.75, 3.05) is 7.05 Å². The third-order valence-electron chi connectivity index (χ3n) is 2.20. The van der Waals surface area contributed by atoms with E-state index < -0.39 is 5.97 Å². The summed E-state index contributed by atoms with van der Waals surface area (Å²) in [6, 6.07) is 0.206. The maximum atomic E-state index is 10.5. The Hall–Kier alpha value is -0.280. The summed E-state index contributed by atoms with van der Waals surface area (Å²) in [5.74, 6) is -0.804. The summed E-state index contributed by atoms with van der Waals surface area (Å²) in [4.78, 5) is 10.5. The molecule has 0 aromatic carbocycles. The summed E-state index contributed by atoms with van der Waals surface area (Å²) >= 11 is 0. The van der Waals surface area contributed by atoms with Gasteiger partial charge in [0.05, 0.1) is 5.92 Å². The van der Waals surface area contributed by atoms with E-state index in [1.165, 1.54) is 0 Å². The molecule has 0 spiro atoms. The minimum absolute atomic E-state index is 0. The van der Waals surface area contributed by atoms with E-state index in [0.29, 0.717) is 0 Å². The van der Waals surface area contributed by atoms with E-state index in [1.807, 2.05) is 7.05 Å². The lowest BCUT2D eigenvalue weighted by molar-refractivity contribution is -0.142. The number of carboxylic acid groups (broad SMARTS) is 1. The van der Waals surface area contributed by atoms with E-state index in [1.54, 1.807) is 0 Å². The third kappa shape index (κ3) is 2.34. The lowest BCUT2D eigenvalue weighted by atomic mass is 10.1. The zero-order chi connectivity index (χ0) is 7.56. The first-order valence-electron chi connectivity index (χ1n) is 3.65. The molecule has 0 radical (unpaired) electrons. The lowest BCUT2D eigenvalue weighted by Gasteiger charge is -2.13. The summed E-state index contributed by atoms with van der Waals surface area (Å²) in [6.07, 6.45) is 2.89. The van der Waals surface area contributed by atoms with Crippen LogP contribution in [0, 0.1) is 5.92 Å². The number of aliphatic carboxylic acids is 1. The summed E-state index contributed by atoms with van der Waals surface area (Å²) < 4.78 is 0. The van der Waals surface area contributed by atoms with Crippen LogP contribution in [0.15, 0.2) is 0 Å². The van der Waals surface area contributed by atoms with Gasteiger partial charge in [-0.05, 0) is 19.9 Å². The predicted octanol–water partition coefficient (Wildman–Crippen LogP) is 0.881. The number of hydrogen-bond acceptors (Lipinski definition) is 2. The van der Waals surface area contributed by atoms with E-state index in [9.17, 15) is 4.79 Å². The molecule has 4 heteroatoms. The molecule has 0 saturated heterocycles. The predicted molar refractivity (Wildman–Crippen MR) is 45.1 cm³/mol. The van der Waals surface area contributed by atoms with Gasteiger partial charge in [-0.15, -0.1) is 12.4 Å². The van der Waals surface area contributed by atoms with Crippen LogP contribution in [-0.4, -0.2) is 24.2 Å². The van der Waals surface area contributed by atoms with Crippen LogP contribution in [0.5, 0.6) is 0 Å². The molecule has 1 rings (SSSR count). The zero-order valence-corrected chi connectivity index (χ0v) is 7.36. The highest BCUT2D eigenvalue weighted by atomic mass is 35.5. The molecule has 0 aromatic rings. The highest BCUT2D eigenvalue weighted by Crippen LogP contribution is 2.25. The van der Waals surface area contributed by atoms with Crippen molar-refractivity contribution in [2.24, 2.45) is 5.92 Å². The maximum Gasteiger partial charge on any atom is 0.308 e. The fourth-order valence-electron chi connectivity index (χ4n) is 1.60. The second-order valence-corrected chi connectivity index (χ2v) is 2.77. The van der Waals surface area contributed by atoms with Gasteiger partial charge >= 0.3 is 5.97 Å². The van der Waals surface area contributed by atoms with Gasteiger partial charge in [-0.2, -0.15) is 0 Å². The normalized spacial score (nSPS) is 29.5. The van der Waals surface area contributed by atoms with Crippen molar-refractivity contribution < 1.29 is 9.90 Å². The Balaban J connectivity index is 0.000001000. The van der Waals surface area contributed by atoms with Gasteiger partial charge in [0.1, 0.15) is 0 Å². The van der Waals surface area contributed by atoms with Crippen molar-refractivity contribution in [1.82, 2.24) is 5.32 Å². The lowest BCUT2D eigenvalue weighted by Crippen LogP contribution is -2.33. The Kier molecular flexibility index (Phi) is 4.45. The number of nitrogens with one attached hydrogen (secondary N) is 1. The molecule has 2 atom stereocenters. The van der Waals surface area contributed by atoms with Crippen molar-refractivity contribution in [3.63, 3.8) is 0 Å². The molecule has 66 valence electrons. The second-order valence-electron chi connectivity index (χ2n) is 2.77. The molecular weight excluding hydrogens is 166 g/mol. The van der Waals surface area contributed by atoms with Crippen molar-refractivity contribution in [3.05, 3.63) is 0 Å². The summed E-state index contributed by atoms with van der Waals surface area (Å²) in [6.45, 7) is 0. The Morgan fingerprint density at radius 2 is 2.18 bits per heavy atom. The van der Waals surface area contributed by atoms with Crippen LogP contribution in [0.1, 0.15) is 19.3 Å². The molecule has 1 saturated carbocycles. The molecule has 0 aromatic heterocycles. The van der Waals surface area contributed by atoms with Crippen molar-refractivity contribution in [2.45, 2.75) is 25.3 Å². The van der Waals surface area contributed by atoms with Crippen LogP contribution < -0.4 is 5.32 Å². The molecule has 1 aliphatic rings. The van der Waals surface area contributed by atoms with Crippen LogP contribution >= 0.6 is 12.4 Å². The Morgan fingerprint density at radius 1 is 1.55 bits per heavy atom. The highest BCUT2D eigenvalue weighted by Gasteiger charge is 2.31. The fourth-order valence-corrected chi connectivity index (χ4v) is 1.60. The van der Waals surface area contributed by atoms with E-state index >= 15 is 0 Å². The van der Waals surface area contributed by atoms with Gasteiger partial charge in [-0.25, -0.2) is 0 Å². The van der Waals surface area contributed by atoms with Gasteiger partial charge in [0.15, 0.2) is 0 Å². The molecule has 0 amide bonds.